The number of halogens is 3. The number of benzene rings is 1. The smallest absolute Gasteiger partial charge is 0.398 e. The SMILES string of the molecule is Nc1cc(CN2CCCCCC2)ccc1C(F)(F)F. The molecule has 2 N–H and O–H groups in total. The Labute approximate surface area is 111 Å². The van der Waals surface area contributed by atoms with Crippen LogP contribution in [0.25, 0.3) is 0 Å². The number of nitrogens with two attached hydrogens (primary N) is 1. The normalized spacial score (nSPS) is 18.3. The Morgan fingerprint density at radius 3 is 2.21 bits per heavy atom. The van der Waals surface area contributed by atoms with Crippen molar-refractivity contribution in [3.05, 3.63) is 29.3 Å². The van der Waals surface area contributed by atoms with Crippen molar-refractivity contribution < 1.29 is 13.2 Å². The highest BCUT2D eigenvalue weighted by Gasteiger charge is 2.32. The molecule has 1 aliphatic heterocycles. The standard InChI is InChI=1S/C14H19F3N2/c15-14(16,17)12-6-5-11(9-13(12)18)10-19-7-3-1-2-4-8-19/h5-6,9H,1-4,7-8,10,18H2. The van der Waals surface area contributed by atoms with Crippen molar-refractivity contribution in [1.29, 1.82) is 0 Å². The van der Waals surface area contributed by atoms with E-state index in [1.165, 1.54) is 25.0 Å². The summed E-state index contributed by atoms with van der Waals surface area (Å²) in [5.41, 5.74) is 5.43. The Morgan fingerprint density at radius 1 is 1.05 bits per heavy atom. The van der Waals surface area contributed by atoms with Gasteiger partial charge in [0.15, 0.2) is 0 Å². The van der Waals surface area contributed by atoms with E-state index >= 15 is 0 Å². The number of likely N-dealkylation sites (tertiary alicyclic amines) is 1. The van der Waals surface area contributed by atoms with Crippen molar-refractivity contribution in [1.82, 2.24) is 4.90 Å². The first-order chi connectivity index (χ1) is 8.97. The summed E-state index contributed by atoms with van der Waals surface area (Å²) in [6.45, 7) is 2.71. The van der Waals surface area contributed by atoms with Crippen LogP contribution in [0.2, 0.25) is 0 Å². The van der Waals surface area contributed by atoms with Crippen molar-refractivity contribution in [2.24, 2.45) is 0 Å². The first kappa shape index (κ1) is 14.2. The van der Waals surface area contributed by atoms with E-state index in [4.69, 9.17) is 5.73 Å². The molecular formula is C14H19F3N2. The van der Waals surface area contributed by atoms with Crippen molar-refractivity contribution in [2.45, 2.75) is 38.4 Å². The molecule has 1 aromatic rings. The zero-order valence-electron chi connectivity index (χ0n) is 10.8. The van der Waals surface area contributed by atoms with Crippen LogP contribution in [-0.4, -0.2) is 18.0 Å². The van der Waals surface area contributed by atoms with E-state index in [2.05, 4.69) is 4.90 Å². The molecule has 106 valence electrons. The molecule has 5 heteroatoms. The number of nitrogen functional groups attached to an aromatic ring is 1. The van der Waals surface area contributed by atoms with Crippen LogP contribution in [0.5, 0.6) is 0 Å². The van der Waals surface area contributed by atoms with Gasteiger partial charge in [-0.15, -0.1) is 0 Å². The third kappa shape index (κ3) is 3.86. The number of hydrogen-bond acceptors (Lipinski definition) is 2. The highest BCUT2D eigenvalue weighted by atomic mass is 19.4. The Hall–Kier alpha value is -1.23. The Bertz CT molecular complexity index is 421. The predicted molar refractivity (Wildman–Crippen MR) is 69.6 cm³/mol. The molecule has 19 heavy (non-hydrogen) atoms. The van der Waals surface area contributed by atoms with Crippen LogP contribution < -0.4 is 5.73 Å². The van der Waals surface area contributed by atoms with Crippen LogP contribution in [0, 0.1) is 0 Å². The van der Waals surface area contributed by atoms with Gasteiger partial charge in [0.1, 0.15) is 0 Å². The molecule has 0 unspecified atom stereocenters. The maximum absolute atomic E-state index is 12.6. The molecule has 0 spiro atoms. The predicted octanol–water partition coefficient (Wildman–Crippen LogP) is 3.66. The minimum absolute atomic E-state index is 0.181. The van der Waals surface area contributed by atoms with E-state index in [0.29, 0.717) is 6.54 Å². The molecule has 0 saturated carbocycles. The van der Waals surface area contributed by atoms with Crippen LogP contribution in [0.1, 0.15) is 36.8 Å². The monoisotopic (exact) mass is 272 g/mol. The fourth-order valence-electron chi connectivity index (χ4n) is 2.52. The van der Waals surface area contributed by atoms with Crippen LogP contribution in [-0.2, 0) is 12.7 Å². The lowest BCUT2D eigenvalue weighted by atomic mass is 10.1. The summed E-state index contributed by atoms with van der Waals surface area (Å²) in [5, 5.41) is 0. The molecule has 1 fully saturated rings. The van der Waals surface area contributed by atoms with Gasteiger partial charge in [-0.3, -0.25) is 4.90 Å². The molecule has 1 heterocycles. The molecule has 2 rings (SSSR count). The molecule has 0 aromatic heterocycles. The molecule has 0 radical (unpaired) electrons. The zero-order valence-corrected chi connectivity index (χ0v) is 10.8. The molecule has 0 bridgehead atoms. The van der Waals surface area contributed by atoms with E-state index in [1.54, 1.807) is 0 Å². The maximum atomic E-state index is 12.6. The van der Waals surface area contributed by atoms with Crippen molar-refractivity contribution >= 4 is 5.69 Å². The van der Waals surface area contributed by atoms with E-state index in [1.807, 2.05) is 0 Å². The summed E-state index contributed by atoms with van der Waals surface area (Å²) < 4.78 is 37.8. The van der Waals surface area contributed by atoms with Gasteiger partial charge in [0.2, 0.25) is 0 Å². The third-order valence-electron chi connectivity index (χ3n) is 3.53. The highest BCUT2D eigenvalue weighted by molar-refractivity contribution is 5.50. The first-order valence-electron chi connectivity index (χ1n) is 6.65. The molecule has 1 aliphatic rings. The second-order valence-electron chi connectivity index (χ2n) is 5.11. The van der Waals surface area contributed by atoms with Gasteiger partial charge in [-0.2, -0.15) is 13.2 Å². The fraction of sp³-hybridized carbons (Fsp3) is 0.571. The van der Waals surface area contributed by atoms with Crippen LogP contribution in [0.4, 0.5) is 18.9 Å². The average Bonchev–Trinajstić information content (AvgIpc) is 2.56. The lowest BCUT2D eigenvalue weighted by molar-refractivity contribution is -0.136. The van der Waals surface area contributed by atoms with Gasteiger partial charge >= 0.3 is 6.18 Å². The number of anilines is 1. The van der Waals surface area contributed by atoms with Crippen LogP contribution >= 0.6 is 0 Å². The van der Waals surface area contributed by atoms with Gasteiger partial charge in [-0.05, 0) is 43.6 Å². The topological polar surface area (TPSA) is 29.3 Å². The minimum atomic E-state index is -4.37. The number of alkyl halides is 3. The van der Waals surface area contributed by atoms with Gasteiger partial charge in [0.05, 0.1) is 5.56 Å². The van der Waals surface area contributed by atoms with E-state index < -0.39 is 11.7 Å². The molecule has 0 atom stereocenters. The quantitative estimate of drug-likeness (QED) is 0.832. The summed E-state index contributed by atoms with van der Waals surface area (Å²) >= 11 is 0. The molecular weight excluding hydrogens is 253 g/mol. The summed E-state index contributed by atoms with van der Waals surface area (Å²) in [6.07, 6.45) is 0.439. The number of hydrogen-bond donors (Lipinski definition) is 1. The average molecular weight is 272 g/mol. The lowest BCUT2D eigenvalue weighted by Crippen LogP contribution is -2.24. The Morgan fingerprint density at radius 2 is 1.68 bits per heavy atom. The third-order valence-corrected chi connectivity index (χ3v) is 3.53. The van der Waals surface area contributed by atoms with Crippen molar-refractivity contribution in [3.63, 3.8) is 0 Å². The highest BCUT2D eigenvalue weighted by Crippen LogP contribution is 2.34. The van der Waals surface area contributed by atoms with E-state index in [-0.39, 0.29) is 5.69 Å². The second-order valence-corrected chi connectivity index (χ2v) is 5.11. The summed E-state index contributed by atoms with van der Waals surface area (Å²) in [7, 11) is 0. The minimum Gasteiger partial charge on any atom is -0.398 e. The second kappa shape index (κ2) is 5.82. The summed E-state index contributed by atoms with van der Waals surface area (Å²) in [4.78, 5) is 2.29. The molecule has 1 aromatic carbocycles. The molecule has 0 amide bonds. The Balaban J connectivity index is 2.07. The lowest BCUT2D eigenvalue weighted by Gasteiger charge is -2.20. The van der Waals surface area contributed by atoms with E-state index in [0.717, 1.165) is 37.6 Å². The van der Waals surface area contributed by atoms with Crippen molar-refractivity contribution in [2.75, 3.05) is 18.8 Å². The van der Waals surface area contributed by atoms with Gasteiger partial charge in [0, 0.05) is 12.2 Å². The van der Waals surface area contributed by atoms with Crippen molar-refractivity contribution in [3.8, 4) is 0 Å². The number of rotatable bonds is 2. The molecule has 0 aliphatic carbocycles. The maximum Gasteiger partial charge on any atom is 0.418 e. The van der Waals surface area contributed by atoms with Crippen LogP contribution in [0.15, 0.2) is 18.2 Å². The summed E-state index contributed by atoms with van der Waals surface area (Å²) in [5.74, 6) is 0. The largest absolute Gasteiger partial charge is 0.418 e. The van der Waals surface area contributed by atoms with Gasteiger partial charge in [-0.25, -0.2) is 0 Å². The molecule has 1 saturated heterocycles. The first-order valence-corrected chi connectivity index (χ1v) is 6.65. The van der Waals surface area contributed by atoms with Gasteiger partial charge in [0.25, 0.3) is 0 Å². The van der Waals surface area contributed by atoms with Gasteiger partial charge in [-0.1, -0.05) is 18.9 Å². The zero-order chi connectivity index (χ0) is 13.9. The number of nitrogens with zero attached hydrogens (tertiary/aromatic N) is 1. The van der Waals surface area contributed by atoms with E-state index in [9.17, 15) is 13.2 Å². The summed E-state index contributed by atoms with van der Waals surface area (Å²) in [6, 6.07) is 4.07. The fourth-order valence-corrected chi connectivity index (χ4v) is 2.52. The van der Waals surface area contributed by atoms with Crippen LogP contribution in [0.3, 0.4) is 0 Å². The molecule has 2 nitrogen and oxygen atoms in total. The van der Waals surface area contributed by atoms with Gasteiger partial charge < -0.3 is 5.73 Å². The Kier molecular flexibility index (Phi) is 4.34.